The summed E-state index contributed by atoms with van der Waals surface area (Å²) in [5, 5.41) is 4.53. The van der Waals surface area contributed by atoms with Crippen LogP contribution >= 0.6 is 48.0 Å². The molecule has 1 heterocycles. The van der Waals surface area contributed by atoms with E-state index in [0.29, 0.717) is 28.4 Å². The van der Waals surface area contributed by atoms with E-state index in [0.717, 1.165) is 26.2 Å². The largest absolute Gasteiger partial charge is 0.490 e. The molecule has 3 nitrogen and oxygen atoms in total. The van der Waals surface area contributed by atoms with Gasteiger partial charge in [0.15, 0.2) is 0 Å². The van der Waals surface area contributed by atoms with Crippen LogP contribution in [0, 0.1) is 0 Å². The van der Waals surface area contributed by atoms with E-state index in [2.05, 4.69) is 17.1 Å². The lowest BCUT2D eigenvalue weighted by Crippen LogP contribution is -2.49. The van der Waals surface area contributed by atoms with Crippen molar-refractivity contribution in [1.82, 2.24) is 10.2 Å². The lowest BCUT2D eigenvalue weighted by atomic mass is 10.2. The van der Waals surface area contributed by atoms with Gasteiger partial charge in [-0.15, -0.1) is 24.8 Å². The highest BCUT2D eigenvalue weighted by Gasteiger charge is 2.17. The topological polar surface area (TPSA) is 24.5 Å². The third kappa shape index (κ3) is 5.84. The standard InChI is InChI=1S/C13H18Cl2N2O.2ClH/c1-10(17-6-4-16-5-7-17)9-18-13-3-2-11(14)8-12(13)15;;/h2-3,8,10,16H,4-7,9H2,1H3;2*1H. The van der Waals surface area contributed by atoms with Crippen molar-refractivity contribution in [3.63, 3.8) is 0 Å². The summed E-state index contributed by atoms with van der Waals surface area (Å²) < 4.78 is 5.75. The molecule has 1 unspecified atom stereocenters. The number of nitrogens with zero attached hydrogens (tertiary/aromatic N) is 1. The Morgan fingerprint density at radius 3 is 2.50 bits per heavy atom. The maximum atomic E-state index is 6.07. The van der Waals surface area contributed by atoms with Crippen LogP contribution in [0.15, 0.2) is 18.2 Å². The molecule has 0 aromatic heterocycles. The molecule has 116 valence electrons. The van der Waals surface area contributed by atoms with Crippen LogP contribution in [-0.4, -0.2) is 43.7 Å². The van der Waals surface area contributed by atoms with Crippen molar-refractivity contribution in [2.75, 3.05) is 32.8 Å². The van der Waals surface area contributed by atoms with Crippen molar-refractivity contribution in [3.05, 3.63) is 28.2 Å². The Kier molecular flexibility index (Phi) is 9.98. The summed E-state index contributed by atoms with van der Waals surface area (Å²) in [4.78, 5) is 2.42. The van der Waals surface area contributed by atoms with Crippen LogP contribution in [0.2, 0.25) is 10.0 Å². The third-order valence-electron chi connectivity index (χ3n) is 3.15. The van der Waals surface area contributed by atoms with Gasteiger partial charge < -0.3 is 10.1 Å². The molecular weight excluding hydrogens is 342 g/mol. The van der Waals surface area contributed by atoms with Crippen molar-refractivity contribution < 1.29 is 4.74 Å². The number of halogens is 4. The highest BCUT2D eigenvalue weighted by atomic mass is 35.5. The summed E-state index contributed by atoms with van der Waals surface area (Å²) in [7, 11) is 0. The van der Waals surface area contributed by atoms with Crippen LogP contribution in [0.5, 0.6) is 5.75 Å². The van der Waals surface area contributed by atoms with E-state index in [9.17, 15) is 0 Å². The van der Waals surface area contributed by atoms with Gasteiger partial charge in [0.2, 0.25) is 0 Å². The second-order valence-electron chi connectivity index (χ2n) is 4.52. The molecule has 1 fully saturated rings. The fourth-order valence-electron chi connectivity index (χ4n) is 2.03. The van der Waals surface area contributed by atoms with Crippen LogP contribution in [0.1, 0.15) is 6.92 Å². The first-order chi connectivity index (χ1) is 8.66. The lowest BCUT2D eigenvalue weighted by molar-refractivity contribution is 0.132. The monoisotopic (exact) mass is 360 g/mol. The molecule has 0 spiro atoms. The van der Waals surface area contributed by atoms with Gasteiger partial charge >= 0.3 is 0 Å². The zero-order valence-electron chi connectivity index (χ0n) is 11.3. The number of piperazine rings is 1. The third-order valence-corrected chi connectivity index (χ3v) is 3.68. The molecule has 0 aliphatic carbocycles. The van der Waals surface area contributed by atoms with Gasteiger partial charge in [0, 0.05) is 37.2 Å². The Morgan fingerprint density at radius 1 is 1.25 bits per heavy atom. The second kappa shape index (κ2) is 9.93. The Hall–Kier alpha value is 0.1000. The van der Waals surface area contributed by atoms with Gasteiger partial charge in [-0.3, -0.25) is 4.90 Å². The van der Waals surface area contributed by atoms with E-state index in [-0.39, 0.29) is 24.8 Å². The van der Waals surface area contributed by atoms with Crippen molar-refractivity contribution >= 4 is 48.0 Å². The fourth-order valence-corrected chi connectivity index (χ4v) is 2.49. The molecule has 1 aromatic rings. The molecule has 0 amide bonds. The number of nitrogens with one attached hydrogen (secondary N) is 1. The van der Waals surface area contributed by atoms with E-state index in [4.69, 9.17) is 27.9 Å². The van der Waals surface area contributed by atoms with Crippen LogP contribution in [-0.2, 0) is 0 Å². The Bertz CT molecular complexity index is 400. The number of ether oxygens (including phenoxy) is 1. The predicted octanol–water partition coefficient (Wildman–Crippen LogP) is 3.51. The average Bonchev–Trinajstić information content (AvgIpc) is 2.38. The van der Waals surface area contributed by atoms with Gasteiger partial charge in [0.05, 0.1) is 5.02 Å². The summed E-state index contributed by atoms with van der Waals surface area (Å²) in [6, 6.07) is 5.69. The highest BCUT2D eigenvalue weighted by molar-refractivity contribution is 6.35. The average molecular weight is 362 g/mol. The maximum Gasteiger partial charge on any atom is 0.138 e. The van der Waals surface area contributed by atoms with Gasteiger partial charge in [0.25, 0.3) is 0 Å². The van der Waals surface area contributed by atoms with E-state index >= 15 is 0 Å². The molecule has 7 heteroatoms. The zero-order chi connectivity index (χ0) is 13.0. The van der Waals surface area contributed by atoms with E-state index in [1.165, 1.54) is 0 Å². The number of hydrogen-bond acceptors (Lipinski definition) is 3. The molecule has 1 saturated heterocycles. The summed E-state index contributed by atoms with van der Waals surface area (Å²) >= 11 is 11.9. The maximum absolute atomic E-state index is 6.07. The summed E-state index contributed by atoms with van der Waals surface area (Å²) in [5.41, 5.74) is 0. The van der Waals surface area contributed by atoms with E-state index in [1.54, 1.807) is 12.1 Å². The van der Waals surface area contributed by atoms with Crippen molar-refractivity contribution in [1.29, 1.82) is 0 Å². The van der Waals surface area contributed by atoms with Gasteiger partial charge in [0.1, 0.15) is 12.4 Å². The molecule has 0 saturated carbocycles. The fraction of sp³-hybridized carbons (Fsp3) is 0.538. The molecule has 2 rings (SSSR count). The molecule has 1 atom stereocenters. The first kappa shape index (κ1) is 20.1. The molecule has 1 aliphatic heterocycles. The zero-order valence-corrected chi connectivity index (χ0v) is 14.4. The molecular formula is C13H20Cl4N2O. The minimum absolute atomic E-state index is 0. The first-order valence-corrected chi connectivity index (χ1v) is 6.95. The smallest absolute Gasteiger partial charge is 0.138 e. The minimum Gasteiger partial charge on any atom is -0.490 e. The molecule has 1 N–H and O–H groups in total. The lowest BCUT2D eigenvalue weighted by Gasteiger charge is -2.32. The minimum atomic E-state index is 0. The SMILES string of the molecule is CC(COc1ccc(Cl)cc1Cl)N1CCNCC1.Cl.Cl. The Morgan fingerprint density at radius 2 is 1.90 bits per heavy atom. The first-order valence-electron chi connectivity index (χ1n) is 6.19. The van der Waals surface area contributed by atoms with Crippen LogP contribution < -0.4 is 10.1 Å². The van der Waals surface area contributed by atoms with E-state index in [1.807, 2.05) is 6.07 Å². The summed E-state index contributed by atoms with van der Waals surface area (Å²) in [6.07, 6.45) is 0. The normalized spacial score (nSPS) is 16.8. The van der Waals surface area contributed by atoms with Gasteiger partial charge in [-0.25, -0.2) is 0 Å². The molecule has 20 heavy (non-hydrogen) atoms. The summed E-state index contributed by atoms with van der Waals surface area (Å²) in [5.74, 6) is 0.697. The number of rotatable bonds is 4. The van der Waals surface area contributed by atoms with Crippen LogP contribution in [0.4, 0.5) is 0 Å². The Labute approximate surface area is 142 Å². The number of benzene rings is 1. The van der Waals surface area contributed by atoms with Gasteiger partial charge in [-0.2, -0.15) is 0 Å². The Balaban J connectivity index is 0.00000180. The van der Waals surface area contributed by atoms with Crippen LogP contribution in [0.3, 0.4) is 0 Å². The van der Waals surface area contributed by atoms with Gasteiger partial charge in [-0.05, 0) is 25.1 Å². The molecule has 1 aliphatic rings. The van der Waals surface area contributed by atoms with Gasteiger partial charge in [-0.1, -0.05) is 23.2 Å². The number of hydrogen-bond donors (Lipinski definition) is 1. The molecule has 0 bridgehead atoms. The van der Waals surface area contributed by atoms with Crippen molar-refractivity contribution in [2.24, 2.45) is 0 Å². The second-order valence-corrected chi connectivity index (χ2v) is 5.36. The van der Waals surface area contributed by atoms with Crippen molar-refractivity contribution in [2.45, 2.75) is 13.0 Å². The summed E-state index contributed by atoms with van der Waals surface area (Å²) in [6.45, 7) is 7.05. The molecule has 0 radical (unpaired) electrons. The van der Waals surface area contributed by atoms with E-state index < -0.39 is 0 Å². The quantitative estimate of drug-likeness (QED) is 0.888. The highest BCUT2D eigenvalue weighted by Crippen LogP contribution is 2.27. The molecule has 1 aromatic carbocycles. The predicted molar refractivity (Wildman–Crippen MR) is 90.4 cm³/mol. The van der Waals surface area contributed by atoms with Crippen LogP contribution in [0.25, 0.3) is 0 Å². The van der Waals surface area contributed by atoms with Crippen molar-refractivity contribution in [3.8, 4) is 5.75 Å².